The molecule has 0 aliphatic rings. The Hall–Kier alpha value is -1.92. The lowest BCUT2D eigenvalue weighted by molar-refractivity contribution is -0.139. The first-order chi connectivity index (χ1) is 8.31. The molecule has 0 saturated heterocycles. The summed E-state index contributed by atoms with van der Waals surface area (Å²) in [5.74, 6) is 0. The Balaban J connectivity index is 2.65. The first-order valence-corrected chi connectivity index (χ1v) is 5.30. The molecule has 0 spiro atoms. The lowest BCUT2D eigenvalue weighted by Gasteiger charge is -2.22. The minimum Gasteiger partial charge on any atom is -0.399 e. The molecule has 0 bridgehead atoms. The van der Waals surface area contributed by atoms with Crippen molar-refractivity contribution in [2.75, 3.05) is 24.1 Å². The second-order valence-electron chi connectivity index (χ2n) is 3.68. The Kier molecular flexibility index (Phi) is 4.41. The molecule has 100 valence electrons. The molecule has 4 nitrogen and oxygen atoms in total. The van der Waals surface area contributed by atoms with Crippen LogP contribution in [0.1, 0.15) is 6.92 Å². The minimum atomic E-state index is -4.41. The monoisotopic (exact) mass is 261 g/mol. The SMILES string of the molecule is CCN(CC(F)(F)F)C(=O)Nc1ccc(N)cc1. The fraction of sp³-hybridized carbons (Fsp3) is 0.364. The zero-order valence-corrected chi connectivity index (χ0v) is 9.79. The molecule has 1 rings (SSSR count). The molecule has 0 heterocycles. The second-order valence-corrected chi connectivity index (χ2v) is 3.68. The molecule has 0 saturated carbocycles. The zero-order chi connectivity index (χ0) is 13.8. The highest BCUT2D eigenvalue weighted by Crippen LogP contribution is 2.17. The molecule has 7 heteroatoms. The topological polar surface area (TPSA) is 58.4 Å². The van der Waals surface area contributed by atoms with E-state index in [4.69, 9.17) is 5.73 Å². The molecule has 18 heavy (non-hydrogen) atoms. The highest BCUT2D eigenvalue weighted by molar-refractivity contribution is 5.89. The first kappa shape index (κ1) is 14.1. The van der Waals surface area contributed by atoms with Gasteiger partial charge in [-0.05, 0) is 31.2 Å². The maximum Gasteiger partial charge on any atom is 0.406 e. The van der Waals surface area contributed by atoms with Gasteiger partial charge in [0.25, 0.3) is 0 Å². The number of nitrogens with two attached hydrogens (primary N) is 1. The standard InChI is InChI=1S/C11H14F3N3O/c1-2-17(7-11(12,13)14)10(18)16-9-5-3-8(15)4-6-9/h3-6H,2,7,15H2,1H3,(H,16,18). The Morgan fingerprint density at radius 1 is 1.33 bits per heavy atom. The predicted molar refractivity (Wildman–Crippen MR) is 63.2 cm³/mol. The Morgan fingerprint density at radius 3 is 2.33 bits per heavy atom. The van der Waals surface area contributed by atoms with Crippen LogP contribution in [-0.2, 0) is 0 Å². The molecule has 0 atom stereocenters. The van der Waals surface area contributed by atoms with Crippen molar-refractivity contribution >= 4 is 17.4 Å². The van der Waals surface area contributed by atoms with Crippen LogP contribution in [0.5, 0.6) is 0 Å². The summed E-state index contributed by atoms with van der Waals surface area (Å²) >= 11 is 0. The van der Waals surface area contributed by atoms with Gasteiger partial charge in [0.05, 0.1) is 0 Å². The van der Waals surface area contributed by atoms with E-state index in [-0.39, 0.29) is 6.54 Å². The second kappa shape index (κ2) is 5.61. The number of nitrogen functional groups attached to an aromatic ring is 1. The molecule has 0 aromatic heterocycles. The van der Waals surface area contributed by atoms with Gasteiger partial charge in [-0.25, -0.2) is 4.79 Å². The smallest absolute Gasteiger partial charge is 0.399 e. The largest absolute Gasteiger partial charge is 0.406 e. The molecule has 2 amide bonds. The molecule has 0 unspecified atom stereocenters. The van der Waals surface area contributed by atoms with Gasteiger partial charge in [-0.1, -0.05) is 0 Å². The highest BCUT2D eigenvalue weighted by atomic mass is 19.4. The van der Waals surface area contributed by atoms with Crippen LogP contribution in [0.4, 0.5) is 29.3 Å². The van der Waals surface area contributed by atoms with Crippen LogP contribution in [0.3, 0.4) is 0 Å². The summed E-state index contributed by atoms with van der Waals surface area (Å²) in [4.78, 5) is 12.3. The van der Waals surface area contributed by atoms with E-state index < -0.39 is 18.8 Å². The summed E-state index contributed by atoms with van der Waals surface area (Å²) in [6.07, 6.45) is -4.41. The van der Waals surface area contributed by atoms with Crippen molar-refractivity contribution in [2.24, 2.45) is 0 Å². The van der Waals surface area contributed by atoms with E-state index in [9.17, 15) is 18.0 Å². The number of anilines is 2. The number of nitrogens with one attached hydrogen (secondary N) is 1. The number of carbonyl (C=O) groups is 1. The Labute approximate surface area is 103 Å². The Bertz CT molecular complexity index is 403. The van der Waals surface area contributed by atoms with Gasteiger partial charge in [-0.2, -0.15) is 13.2 Å². The van der Waals surface area contributed by atoms with Crippen LogP contribution in [-0.4, -0.2) is 30.2 Å². The van der Waals surface area contributed by atoms with Crippen molar-refractivity contribution in [3.8, 4) is 0 Å². The van der Waals surface area contributed by atoms with Crippen molar-refractivity contribution in [3.63, 3.8) is 0 Å². The molecule has 0 aliphatic heterocycles. The van der Waals surface area contributed by atoms with Crippen molar-refractivity contribution in [2.45, 2.75) is 13.1 Å². The minimum absolute atomic E-state index is 0.0275. The van der Waals surface area contributed by atoms with Crippen LogP contribution in [0.2, 0.25) is 0 Å². The van der Waals surface area contributed by atoms with E-state index in [1.165, 1.54) is 19.1 Å². The maximum atomic E-state index is 12.2. The van der Waals surface area contributed by atoms with Gasteiger partial charge in [0.15, 0.2) is 0 Å². The molecular formula is C11H14F3N3O. The summed E-state index contributed by atoms with van der Waals surface area (Å²) in [7, 11) is 0. The van der Waals surface area contributed by atoms with Gasteiger partial charge in [-0.15, -0.1) is 0 Å². The number of nitrogens with zero attached hydrogens (tertiary/aromatic N) is 1. The third kappa shape index (κ3) is 4.52. The van der Waals surface area contributed by atoms with Crippen LogP contribution in [0.15, 0.2) is 24.3 Å². The lowest BCUT2D eigenvalue weighted by atomic mass is 10.3. The molecule has 0 fully saturated rings. The molecule has 0 aliphatic carbocycles. The van der Waals surface area contributed by atoms with Gasteiger partial charge in [-0.3, -0.25) is 0 Å². The first-order valence-electron chi connectivity index (χ1n) is 5.30. The zero-order valence-electron chi connectivity index (χ0n) is 9.79. The fourth-order valence-electron chi connectivity index (χ4n) is 1.31. The predicted octanol–water partition coefficient (Wildman–Crippen LogP) is 2.68. The molecule has 3 N–H and O–H groups in total. The number of rotatable bonds is 3. The van der Waals surface area contributed by atoms with E-state index in [1.807, 2.05) is 0 Å². The quantitative estimate of drug-likeness (QED) is 0.822. The van der Waals surface area contributed by atoms with Crippen LogP contribution < -0.4 is 11.1 Å². The van der Waals surface area contributed by atoms with Crippen LogP contribution in [0, 0.1) is 0 Å². The van der Waals surface area contributed by atoms with Crippen molar-refractivity contribution in [1.29, 1.82) is 0 Å². The van der Waals surface area contributed by atoms with E-state index >= 15 is 0 Å². The summed E-state index contributed by atoms with van der Waals surface area (Å²) in [5.41, 5.74) is 6.36. The van der Waals surface area contributed by atoms with Crippen LogP contribution in [0.25, 0.3) is 0 Å². The highest BCUT2D eigenvalue weighted by Gasteiger charge is 2.32. The number of alkyl halides is 3. The summed E-state index contributed by atoms with van der Waals surface area (Å²) in [6.45, 7) is 0.179. The number of hydrogen-bond acceptors (Lipinski definition) is 2. The summed E-state index contributed by atoms with van der Waals surface area (Å²) in [6, 6.07) is 5.36. The van der Waals surface area contributed by atoms with E-state index in [0.29, 0.717) is 16.3 Å². The third-order valence-electron chi connectivity index (χ3n) is 2.20. The maximum absolute atomic E-state index is 12.2. The van der Waals surface area contributed by atoms with E-state index in [2.05, 4.69) is 5.32 Å². The number of halogens is 3. The summed E-state index contributed by atoms with van der Waals surface area (Å²) in [5, 5.41) is 2.37. The molecule has 0 radical (unpaired) electrons. The number of benzene rings is 1. The van der Waals surface area contributed by atoms with E-state index in [0.717, 1.165) is 0 Å². The molecular weight excluding hydrogens is 247 g/mol. The molecule has 1 aromatic rings. The number of hydrogen-bond donors (Lipinski definition) is 2. The number of carbonyl (C=O) groups excluding carboxylic acids is 1. The average Bonchev–Trinajstić information content (AvgIpc) is 2.27. The molecule has 1 aromatic carbocycles. The van der Waals surface area contributed by atoms with E-state index in [1.54, 1.807) is 12.1 Å². The average molecular weight is 261 g/mol. The summed E-state index contributed by atoms with van der Waals surface area (Å²) < 4.78 is 36.6. The van der Waals surface area contributed by atoms with Crippen molar-refractivity contribution in [1.82, 2.24) is 4.90 Å². The van der Waals surface area contributed by atoms with Gasteiger partial charge in [0.2, 0.25) is 0 Å². The van der Waals surface area contributed by atoms with Gasteiger partial charge in [0, 0.05) is 17.9 Å². The van der Waals surface area contributed by atoms with Crippen LogP contribution >= 0.6 is 0 Å². The Morgan fingerprint density at radius 2 is 1.89 bits per heavy atom. The third-order valence-corrected chi connectivity index (χ3v) is 2.20. The van der Waals surface area contributed by atoms with Gasteiger partial charge >= 0.3 is 12.2 Å². The van der Waals surface area contributed by atoms with Gasteiger partial charge in [0.1, 0.15) is 6.54 Å². The number of urea groups is 1. The number of amides is 2. The normalized spacial score (nSPS) is 11.1. The fourth-order valence-corrected chi connectivity index (χ4v) is 1.31. The lowest BCUT2D eigenvalue weighted by Crippen LogP contribution is -2.41. The van der Waals surface area contributed by atoms with Gasteiger partial charge < -0.3 is 16.0 Å². The van der Waals surface area contributed by atoms with Crippen molar-refractivity contribution < 1.29 is 18.0 Å². The van der Waals surface area contributed by atoms with Crippen molar-refractivity contribution in [3.05, 3.63) is 24.3 Å².